The highest BCUT2D eigenvalue weighted by Gasteiger charge is 2.43. The maximum Gasteiger partial charge on any atom is 0.271 e. The first kappa shape index (κ1) is 23.5. The van der Waals surface area contributed by atoms with Gasteiger partial charge in [-0.3, -0.25) is 4.79 Å². The molecule has 2 aromatic heterocycles. The zero-order chi connectivity index (χ0) is 24.2. The Balaban J connectivity index is 1.85. The molecule has 0 spiro atoms. The van der Waals surface area contributed by atoms with Crippen molar-refractivity contribution in [2.45, 2.75) is 38.6 Å². The Hall–Kier alpha value is -2.69. The second kappa shape index (κ2) is 8.27. The van der Waals surface area contributed by atoms with Gasteiger partial charge in [-0.15, -0.1) is 0 Å². The molecule has 4 rings (SSSR count). The molecule has 2 unspecified atom stereocenters. The van der Waals surface area contributed by atoms with Gasteiger partial charge in [0.2, 0.25) is 5.91 Å². The zero-order valence-corrected chi connectivity index (χ0v) is 20.8. The van der Waals surface area contributed by atoms with Crippen LogP contribution in [0.4, 0.5) is 5.82 Å². The summed E-state index contributed by atoms with van der Waals surface area (Å²) in [7, 11) is -3.01. The lowest BCUT2D eigenvalue weighted by Crippen LogP contribution is -2.45. The maximum atomic E-state index is 13.7. The van der Waals surface area contributed by atoms with Crippen LogP contribution in [0.25, 0.3) is 0 Å². The summed E-state index contributed by atoms with van der Waals surface area (Å²) < 4.78 is 34.0. The predicted molar refractivity (Wildman–Crippen MR) is 124 cm³/mol. The first-order chi connectivity index (χ1) is 15.4. The van der Waals surface area contributed by atoms with E-state index in [4.69, 9.17) is 27.7 Å². The van der Waals surface area contributed by atoms with Crippen molar-refractivity contribution in [2.24, 2.45) is 10.9 Å². The number of hydrogen-bond acceptors (Lipinski definition) is 7. The molecule has 1 aliphatic rings. The molecule has 174 valence electrons. The first-order valence-corrected chi connectivity index (χ1v) is 12.1. The van der Waals surface area contributed by atoms with E-state index in [1.54, 1.807) is 35.9 Å². The summed E-state index contributed by atoms with van der Waals surface area (Å²) in [4.78, 5) is 18.1. The van der Waals surface area contributed by atoms with Gasteiger partial charge in [-0.25, -0.2) is 22.4 Å². The Morgan fingerprint density at radius 1 is 1.12 bits per heavy atom. The van der Waals surface area contributed by atoms with Crippen molar-refractivity contribution in [2.75, 3.05) is 7.05 Å². The number of nitrogens with zero attached hydrogens (tertiary/aromatic N) is 5. The van der Waals surface area contributed by atoms with Gasteiger partial charge in [0.25, 0.3) is 10.0 Å². The van der Waals surface area contributed by atoms with Gasteiger partial charge in [-0.05, 0) is 45.4 Å². The fraction of sp³-hybridized carbons (Fsp3) is 0.333. The summed E-state index contributed by atoms with van der Waals surface area (Å²) in [6, 6.07) is 6.12. The van der Waals surface area contributed by atoms with Gasteiger partial charge in [0.15, 0.2) is 16.5 Å². The van der Waals surface area contributed by atoms with E-state index in [2.05, 4.69) is 15.2 Å². The van der Waals surface area contributed by atoms with Gasteiger partial charge >= 0.3 is 0 Å². The number of fused-ring (bicyclic) bond motifs is 1. The topological polar surface area (TPSA) is 111 Å². The third-order valence-corrected chi connectivity index (χ3v) is 8.35. The Bertz CT molecular complexity index is 1390. The van der Waals surface area contributed by atoms with Gasteiger partial charge in [-0.2, -0.15) is 5.10 Å². The van der Waals surface area contributed by atoms with Gasteiger partial charge in [0, 0.05) is 18.8 Å². The molecule has 0 fully saturated rings. The summed E-state index contributed by atoms with van der Waals surface area (Å²) in [5, 5.41) is 8.89. The summed E-state index contributed by atoms with van der Waals surface area (Å²) in [5.74, 6) is -0.978. The minimum absolute atomic E-state index is 0.104. The highest BCUT2D eigenvalue weighted by Crippen LogP contribution is 2.40. The number of amides is 1. The van der Waals surface area contributed by atoms with E-state index in [0.29, 0.717) is 32.8 Å². The minimum Gasteiger partial charge on any atom is -0.360 e. The molecule has 12 heteroatoms. The third-order valence-electron chi connectivity index (χ3n) is 5.61. The number of aryl methyl sites for hydroxylation is 3. The fourth-order valence-corrected chi connectivity index (χ4v) is 5.79. The SMILES string of the molecule is CC1=Nc2cc(C)nn2C(c2ccc(Cl)c(Cl)c2)C1C(=O)N(C)S(=O)(=O)c1c(C)noc1C. The molecule has 33 heavy (non-hydrogen) atoms. The number of hydrogen-bond donors (Lipinski definition) is 0. The van der Waals surface area contributed by atoms with Gasteiger partial charge in [0.1, 0.15) is 11.6 Å². The average molecular weight is 510 g/mol. The standard InChI is InChI=1S/C21H21Cl2N5O4S/c1-10-8-17-24-11(2)18(19(28(17)25-10)14-6-7-15(22)16(23)9-14)21(29)27(5)33(30,31)20-12(3)26-32-13(20)4/h6-9,18-19H,1-5H3. The van der Waals surface area contributed by atoms with Gasteiger partial charge < -0.3 is 4.52 Å². The van der Waals surface area contributed by atoms with Crippen LogP contribution in [0.15, 0.2) is 38.7 Å². The molecule has 3 aromatic rings. The van der Waals surface area contributed by atoms with Crippen molar-refractivity contribution >= 4 is 50.7 Å². The molecule has 0 bridgehead atoms. The molecular formula is C21H21Cl2N5O4S. The molecule has 3 heterocycles. The number of carbonyl (C=O) groups excluding carboxylic acids is 1. The predicted octanol–water partition coefficient (Wildman–Crippen LogP) is 4.26. The van der Waals surface area contributed by atoms with Crippen LogP contribution >= 0.6 is 23.2 Å². The van der Waals surface area contributed by atoms with E-state index in [0.717, 1.165) is 4.31 Å². The van der Waals surface area contributed by atoms with Crippen molar-refractivity contribution in [1.29, 1.82) is 0 Å². The van der Waals surface area contributed by atoms with Gasteiger partial charge in [0.05, 0.1) is 21.8 Å². The maximum absolute atomic E-state index is 13.7. The number of halogens is 2. The number of benzene rings is 1. The molecule has 0 radical (unpaired) electrons. The molecule has 0 N–H and O–H groups in total. The van der Waals surface area contributed by atoms with Gasteiger partial charge in [-0.1, -0.05) is 34.4 Å². The number of aromatic nitrogens is 3. The van der Waals surface area contributed by atoms with Crippen LogP contribution in [0, 0.1) is 26.7 Å². The Morgan fingerprint density at radius 3 is 2.42 bits per heavy atom. The molecule has 1 amide bonds. The van der Waals surface area contributed by atoms with Crippen LogP contribution in [-0.2, 0) is 14.8 Å². The van der Waals surface area contributed by atoms with Crippen LogP contribution in [-0.4, -0.2) is 46.3 Å². The lowest BCUT2D eigenvalue weighted by molar-refractivity contribution is -0.128. The van der Waals surface area contributed by atoms with E-state index in [1.165, 1.54) is 20.9 Å². The molecular weight excluding hydrogens is 489 g/mol. The number of sulfonamides is 1. The Labute approximate surface area is 201 Å². The summed E-state index contributed by atoms with van der Waals surface area (Å²) in [5.41, 5.74) is 1.97. The van der Waals surface area contributed by atoms with E-state index in [9.17, 15) is 13.2 Å². The van der Waals surface area contributed by atoms with Crippen molar-refractivity contribution in [1.82, 2.24) is 19.2 Å². The first-order valence-electron chi connectivity index (χ1n) is 9.95. The van der Waals surface area contributed by atoms with Crippen LogP contribution in [0.2, 0.25) is 10.0 Å². The van der Waals surface area contributed by atoms with Crippen molar-refractivity contribution < 1.29 is 17.7 Å². The number of carbonyl (C=O) groups is 1. The minimum atomic E-state index is -4.23. The van der Waals surface area contributed by atoms with Crippen LogP contribution in [0.1, 0.15) is 35.7 Å². The number of aliphatic imine (C=N–C) groups is 1. The van der Waals surface area contributed by atoms with E-state index >= 15 is 0 Å². The average Bonchev–Trinajstić information content (AvgIpc) is 3.28. The van der Waals surface area contributed by atoms with Crippen molar-refractivity contribution in [3.63, 3.8) is 0 Å². The normalized spacial score (nSPS) is 18.1. The zero-order valence-electron chi connectivity index (χ0n) is 18.5. The second-order valence-electron chi connectivity index (χ2n) is 7.90. The summed E-state index contributed by atoms with van der Waals surface area (Å²) >= 11 is 12.4. The van der Waals surface area contributed by atoms with Crippen LogP contribution in [0.3, 0.4) is 0 Å². The number of rotatable bonds is 4. The molecule has 0 saturated carbocycles. The Morgan fingerprint density at radius 2 is 1.82 bits per heavy atom. The van der Waals surface area contributed by atoms with Crippen LogP contribution in [0.5, 0.6) is 0 Å². The molecule has 2 atom stereocenters. The highest BCUT2D eigenvalue weighted by atomic mass is 35.5. The quantitative estimate of drug-likeness (QED) is 0.519. The summed E-state index contributed by atoms with van der Waals surface area (Å²) in [6.45, 7) is 6.49. The molecule has 1 aromatic carbocycles. The van der Waals surface area contributed by atoms with Crippen LogP contribution < -0.4 is 0 Å². The highest BCUT2D eigenvalue weighted by molar-refractivity contribution is 7.89. The molecule has 0 saturated heterocycles. The summed E-state index contributed by atoms with van der Waals surface area (Å²) in [6.07, 6.45) is 0. The van der Waals surface area contributed by atoms with E-state index in [1.807, 2.05) is 6.92 Å². The monoisotopic (exact) mass is 509 g/mol. The Kier molecular flexibility index (Phi) is 5.88. The lowest BCUT2D eigenvalue weighted by Gasteiger charge is -2.33. The lowest BCUT2D eigenvalue weighted by atomic mass is 9.87. The van der Waals surface area contributed by atoms with E-state index in [-0.39, 0.29) is 16.3 Å². The van der Waals surface area contributed by atoms with Crippen molar-refractivity contribution in [3.8, 4) is 0 Å². The van der Waals surface area contributed by atoms with Crippen molar-refractivity contribution in [3.05, 3.63) is 57.0 Å². The third kappa shape index (κ3) is 3.85. The molecule has 0 aliphatic carbocycles. The second-order valence-corrected chi connectivity index (χ2v) is 10.6. The smallest absolute Gasteiger partial charge is 0.271 e. The molecule has 9 nitrogen and oxygen atoms in total. The molecule has 1 aliphatic heterocycles. The largest absolute Gasteiger partial charge is 0.360 e. The van der Waals surface area contributed by atoms with E-state index < -0.39 is 27.9 Å². The fourth-order valence-electron chi connectivity index (χ4n) is 4.05.